The number of hydrogen-bond donors (Lipinski definition) is 1. The average Bonchev–Trinajstić information content (AvgIpc) is 3.23. The molecule has 0 bridgehead atoms. The van der Waals surface area contributed by atoms with Gasteiger partial charge in [-0.05, 0) is 42.7 Å². The summed E-state index contributed by atoms with van der Waals surface area (Å²) in [7, 11) is 0. The number of anilines is 1. The highest BCUT2D eigenvalue weighted by molar-refractivity contribution is 9.10. The van der Waals surface area contributed by atoms with Crippen LogP contribution in [-0.2, 0) is 10.2 Å². The molecule has 4 heteroatoms. The summed E-state index contributed by atoms with van der Waals surface area (Å²) in [6.45, 7) is 0. The van der Waals surface area contributed by atoms with Gasteiger partial charge >= 0.3 is 0 Å². The molecule has 0 atom stereocenters. The molecule has 1 aliphatic carbocycles. The standard InChI is InChI=1S/C16H13BrFNO/c17-12-5-3-4-11(10-12)16(8-9-16)15(20)19-14-7-2-1-6-13(14)18/h1-7,10H,8-9H2,(H,19,20). The Morgan fingerprint density at radius 3 is 2.55 bits per heavy atom. The molecule has 1 fully saturated rings. The van der Waals surface area contributed by atoms with Gasteiger partial charge in [0.1, 0.15) is 5.82 Å². The third kappa shape index (κ3) is 2.36. The van der Waals surface area contributed by atoms with E-state index < -0.39 is 11.2 Å². The quantitative estimate of drug-likeness (QED) is 0.893. The lowest BCUT2D eigenvalue weighted by molar-refractivity contribution is -0.118. The molecule has 0 unspecified atom stereocenters. The highest BCUT2D eigenvalue weighted by Crippen LogP contribution is 2.49. The van der Waals surface area contributed by atoms with Crippen LogP contribution in [0.1, 0.15) is 18.4 Å². The first-order valence-corrected chi connectivity index (χ1v) is 7.23. The van der Waals surface area contributed by atoms with Crippen LogP contribution >= 0.6 is 15.9 Å². The van der Waals surface area contributed by atoms with Crippen LogP contribution in [0.3, 0.4) is 0 Å². The lowest BCUT2D eigenvalue weighted by Gasteiger charge is -2.16. The van der Waals surface area contributed by atoms with Crippen LogP contribution in [0.2, 0.25) is 0 Å². The minimum Gasteiger partial charge on any atom is -0.323 e. The van der Waals surface area contributed by atoms with Crippen LogP contribution in [0.15, 0.2) is 53.0 Å². The second kappa shape index (κ2) is 5.02. The van der Waals surface area contributed by atoms with Crippen LogP contribution in [0.5, 0.6) is 0 Å². The average molecular weight is 334 g/mol. The molecular weight excluding hydrogens is 321 g/mol. The van der Waals surface area contributed by atoms with E-state index in [9.17, 15) is 9.18 Å². The summed E-state index contributed by atoms with van der Waals surface area (Å²) in [6.07, 6.45) is 1.59. The van der Waals surface area contributed by atoms with Gasteiger partial charge in [-0.1, -0.05) is 40.2 Å². The molecule has 0 aliphatic heterocycles. The van der Waals surface area contributed by atoms with E-state index >= 15 is 0 Å². The molecule has 1 aliphatic rings. The largest absolute Gasteiger partial charge is 0.323 e. The molecule has 1 saturated carbocycles. The third-order valence-electron chi connectivity index (χ3n) is 3.68. The van der Waals surface area contributed by atoms with E-state index in [0.717, 1.165) is 22.9 Å². The Morgan fingerprint density at radius 1 is 1.15 bits per heavy atom. The molecule has 20 heavy (non-hydrogen) atoms. The van der Waals surface area contributed by atoms with Gasteiger partial charge in [-0.15, -0.1) is 0 Å². The molecule has 0 heterocycles. The number of carbonyl (C=O) groups excluding carboxylic acids is 1. The number of benzene rings is 2. The lowest BCUT2D eigenvalue weighted by Crippen LogP contribution is -2.28. The molecule has 102 valence electrons. The fraction of sp³-hybridized carbons (Fsp3) is 0.188. The first-order chi connectivity index (χ1) is 9.62. The van der Waals surface area contributed by atoms with Gasteiger partial charge in [0.25, 0.3) is 0 Å². The molecule has 0 saturated heterocycles. The zero-order chi connectivity index (χ0) is 14.2. The Morgan fingerprint density at radius 2 is 1.90 bits per heavy atom. The summed E-state index contributed by atoms with van der Waals surface area (Å²) in [5.41, 5.74) is 0.700. The number of nitrogens with one attached hydrogen (secondary N) is 1. The number of para-hydroxylation sites is 1. The van der Waals surface area contributed by atoms with Gasteiger partial charge in [0.15, 0.2) is 0 Å². The minimum absolute atomic E-state index is 0.138. The topological polar surface area (TPSA) is 29.1 Å². The zero-order valence-corrected chi connectivity index (χ0v) is 12.3. The molecule has 3 rings (SSSR count). The van der Waals surface area contributed by atoms with Crippen molar-refractivity contribution in [3.63, 3.8) is 0 Å². The summed E-state index contributed by atoms with van der Waals surface area (Å²) < 4.78 is 14.5. The van der Waals surface area contributed by atoms with Gasteiger partial charge in [-0.3, -0.25) is 4.79 Å². The first-order valence-electron chi connectivity index (χ1n) is 6.44. The predicted octanol–water partition coefficient (Wildman–Crippen LogP) is 4.26. The Kier molecular flexibility index (Phi) is 3.34. The summed E-state index contributed by atoms with van der Waals surface area (Å²) in [5.74, 6) is -0.549. The summed E-state index contributed by atoms with van der Waals surface area (Å²) in [4.78, 5) is 12.5. The van der Waals surface area contributed by atoms with Crippen molar-refractivity contribution in [3.05, 3.63) is 64.4 Å². The number of rotatable bonds is 3. The molecule has 1 amide bonds. The monoisotopic (exact) mass is 333 g/mol. The first kappa shape index (κ1) is 13.3. The fourth-order valence-corrected chi connectivity index (χ4v) is 2.76. The van der Waals surface area contributed by atoms with Crippen LogP contribution in [0.25, 0.3) is 0 Å². The van der Waals surface area contributed by atoms with Crippen LogP contribution < -0.4 is 5.32 Å². The smallest absolute Gasteiger partial charge is 0.235 e. The number of hydrogen-bond acceptors (Lipinski definition) is 1. The van der Waals surface area contributed by atoms with Crippen LogP contribution in [0, 0.1) is 5.82 Å². The highest BCUT2D eigenvalue weighted by Gasteiger charge is 2.51. The normalized spacial score (nSPS) is 15.7. The molecule has 2 aromatic carbocycles. The Hall–Kier alpha value is -1.68. The SMILES string of the molecule is O=C(Nc1ccccc1F)C1(c2cccc(Br)c2)CC1. The van der Waals surface area contributed by atoms with E-state index in [1.165, 1.54) is 6.07 Å². The maximum absolute atomic E-state index is 13.6. The van der Waals surface area contributed by atoms with Crippen molar-refractivity contribution in [2.45, 2.75) is 18.3 Å². The van der Waals surface area contributed by atoms with Crippen molar-refractivity contribution in [2.75, 3.05) is 5.32 Å². The van der Waals surface area contributed by atoms with Crippen molar-refractivity contribution in [3.8, 4) is 0 Å². The molecule has 1 N–H and O–H groups in total. The van der Waals surface area contributed by atoms with Gasteiger partial charge in [-0.2, -0.15) is 0 Å². The lowest BCUT2D eigenvalue weighted by atomic mass is 9.95. The molecule has 0 aromatic heterocycles. The van der Waals surface area contributed by atoms with Crippen molar-refractivity contribution >= 4 is 27.5 Å². The number of amides is 1. The van der Waals surface area contributed by atoms with Gasteiger partial charge < -0.3 is 5.32 Å². The highest BCUT2D eigenvalue weighted by atomic mass is 79.9. The Bertz CT molecular complexity index is 667. The van der Waals surface area contributed by atoms with E-state index in [1.807, 2.05) is 24.3 Å². The van der Waals surface area contributed by atoms with E-state index in [0.29, 0.717) is 0 Å². The van der Waals surface area contributed by atoms with E-state index in [1.54, 1.807) is 18.2 Å². The van der Waals surface area contributed by atoms with Crippen LogP contribution in [-0.4, -0.2) is 5.91 Å². The number of halogens is 2. The minimum atomic E-state index is -0.508. The van der Waals surface area contributed by atoms with Crippen molar-refractivity contribution in [2.24, 2.45) is 0 Å². The summed E-state index contributed by atoms with van der Waals surface area (Å²) in [6, 6.07) is 14.0. The fourth-order valence-electron chi connectivity index (χ4n) is 2.36. The third-order valence-corrected chi connectivity index (χ3v) is 4.18. The molecule has 2 nitrogen and oxygen atoms in total. The maximum atomic E-state index is 13.6. The predicted molar refractivity (Wildman–Crippen MR) is 80.1 cm³/mol. The van der Waals surface area contributed by atoms with E-state index in [4.69, 9.17) is 0 Å². The molecule has 0 spiro atoms. The van der Waals surface area contributed by atoms with E-state index in [2.05, 4.69) is 21.2 Å². The second-order valence-electron chi connectivity index (χ2n) is 5.03. The Balaban J connectivity index is 1.86. The maximum Gasteiger partial charge on any atom is 0.235 e. The van der Waals surface area contributed by atoms with Gasteiger partial charge in [0, 0.05) is 4.47 Å². The Labute approximate surface area is 125 Å². The van der Waals surface area contributed by atoms with Gasteiger partial charge in [0.05, 0.1) is 11.1 Å². The summed E-state index contributed by atoms with van der Waals surface area (Å²) in [5, 5.41) is 2.70. The van der Waals surface area contributed by atoms with Gasteiger partial charge in [0.2, 0.25) is 5.91 Å². The van der Waals surface area contributed by atoms with Crippen molar-refractivity contribution in [1.29, 1.82) is 0 Å². The molecular formula is C16H13BrFNO. The number of carbonyl (C=O) groups is 1. The molecule has 0 radical (unpaired) electrons. The van der Waals surface area contributed by atoms with Crippen molar-refractivity contribution in [1.82, 2.24) is 0 Å². The molecule has 2 aromatic rings. The summed E-state index contributed by atoms with van der Waals surface area (Å²) >= 11 is 3.42. The zero-order valence-electron chi connectivity index (χ0n) is 10.7. The van der Waals surface area contributed by atoms with Crippen LogP contribution in [0.4, 0.5) is 10.1 Å². The second-order valence-corrected chi connectivity index (χ2v) is 5.94. The van der Waals surface area contributed by atoms with Crippen molar-refractivity contribution < 1.29 is 9.18 Å². The van der Waals surface area contributed by atoms with E-state index in [-0.39, 0.29) is 11.6 Å². The van der Waals surface area contributed by atoms with Gasteiger partial charge in [-0.25, -0.2) is 4.39 Å².